The first-order valence-corrected chi connectivity index (χ1v) is 21.3. The van der Waals surface area contributed by atoms with Gasteiger partial charge >= 0.3 is 0 Å². The second kappa shape index (κ2) is 15.2. The molecule has 3 heterocycles. The van der Waals surface area contributed by atoms with Crippen molar-refractivity contribution in [3.8, 4) is 73.9 Å². The second-order valence-corrected chi connectivity index (χ2v) is 16.0. The summed E-state index contributed by atoms with van der Waals surface area (Å²) in [6, 6.07) is 78.2. The summed E-state index contributed by atoms with van der Waals surface area (Å²) in [4.78, 5) is 15.6. The molecule has 0 saturated heterocycles. The number of nitrogens with zero attached hydrogens (tertiary/aromatic N) is 6. The Hall–Kier alpha value is -8.92. The molecule has 298 valence electrons. The summed E-state index contributed by atoms with van der Waals surface area (Å²) >= 11 is 0. The van der Waals surface area contributed by atoms with Gasteiger partial charge in [0.25, 0.3) is 0 Å². The highest BCUT2D eigenvalue weighted by Gasteiger charge is 2.21. The Morgan fingerprint density at radius 3 is 1.33 bits per heavy atom. The van der Waals surface area contributed by atoms with Gasteiger partial charge in [-0.1, -0.05) is 152 Å². The van der Waals surface area contributed by atoms with E-state index in [1.165, 1.54) is 11.1 Å². The maximum Gasteiger partial charge on any atom is 0.238 e. The van der Waals surface area contributed by atoms with E-state index in [-0.39, 0.29) is 0 Å². The summed E-state index contributed by atoms with van der Waals surface area (Å²) in [5.74, 6) is 1.67. The normalized spacial score (nSPS) is 11.4. The van der Waals surface area contributed by atoms with Crippen molar-refractivity contribution in [1.29, 1.82) is 5.26 Å². The standard InChI is InChI=1S/C58H36N6/c59-37-38-24-26-41(27-25-38)48-36-45(57-60-56(42-18-8-3-9-19-42)61-58(62-57)64-51-22-12-10-20-46(51)47-21-11-13-23-52(47)64)30-33-53(48)63-54-31-28-43(39-14-4-1-5-15-39)34-49(54)50-35-44(29-32-55(50)63)40-16-6-2-7-17-40/h1-36H. The molecule has 0 amide bonds. The predicted octanol–water partition coefficient (Wildman–Crippen LogP) is 14.3. The second-order valence-electron chi connectivity index (χ2n) is 16.0. The minimum Gasteiger partial charge on any atom is -0.309 e. The van der Waals surface area contributed by atoms with Gasteiger partial charge in [0, 0.05) is 38.2 Å². The van der Waals surface area contributed by atoms with Gasteiger partial charge in [-0.05, 0) is 94.5 Å². The summed E-state index contributed by atoms with van der Waals surface area (Å²) in [7, 11) is 0. The van der Waals surface area contributed by atoms with Gasteiger partial charge in [-0.15, -0.1) is 0 Å². The lowest BCUT2D eigenvalue weighted by Gasteiger charge is -2.17. The van der Waals surface area contributed by atoms with Crippen molar-refractivity contribution in [2.45, 2.75) is 0 Å². The molecule has 12 aromatic rings. The van der Waals surface area contributed by atoms with E-state index in [0.29, 0.717) is 23.2 Å². The Labute approximate surface area is 369 Å². The van der Waals surface area contributed by atoms with E-state index in [2.05, 4.69) is 179 Å². The molecule has 0 aliphatic heterocycles. The Morgan fingerprint density at radius 1 is 0.328 bits per heavy atom. The number of para-hydroxylation sites is 2. The molecule has 0 radical (unpaired) electrons. The van der Waals surface area contributed by atoms with E-state index < -0.39 is 0 Å². The van der Waals surface area contributed by atoms with Crippen LogP contribution in [0.15, 0.2) is 218 Å². The third kappa shape index (κ3) is 6.22. The number of benzene rings is 9. The fourth-order valence-electron chi connectivity index (χ4n) is 9.18. The van der Waals surface area contributed by atoms with E-state index in [1.54, 1.807) is 0 Å². The Kier molecular flexibility index (Phi) is 8.77. The number of rotatable bonds is 7. The molecule has 6 heteroatoms. The van der Waals surface area contributed by atoms with Crippen LogP contribution in [0, 0.1) is 11.3 Å². The Balaban J connectivity index is 1.11. The van der Waals surface area contributed by atoms with Crippen LogP contribution in [0.25, 0.3) is 111 Å². The molecule has 6 nitrogen and oxygen atoms in total. The van der Waals surface area contributed by atoms with Crippen LogP contribution in [0.4, 0.5) is 0 Å². The van der Waals surface area contributed by atoms with Gasteiger partial charge in [0.05, 0.1) is 39.4 Å². The quantitative estimate of drug-likeness (QED) is 0.161. The Morgan fingerprint density at radius 2 is 0.781 bits per heavy atom. The highest BCUT2D eigenvalue weighted by atomic mass is 15.2. The van der Waals surface area contributed by atoms with Crippen molar-refractivity contribution in [2.24, 2.45) is 0 Å². The number of aromatic nitrogens is 5. The SMILES string of the molecule is N#Cc1ccc(-c2cc(-c3nc(-c4ccccc4)nc(-n4c5ccccc5c5ccccc54)n3)ccc2-n2c3ccc(-c4ccccc4)cc3c3cc(-c4ccccc4)ccc32)cc1. The molecule has 0 unspecified atom stereocenters. The van der Waals surface area contributed by atoms with E-state index >= 15 is 0 Å². The first kappa shape index (κ1) is 36.9. The average Bonchev–Trinajstić information content (AvgIpc) is 3.89. The van der Waals surface area contributed by atoms with Gasteiger partial charge in [0.2, 0.25) is 5.95 Å². The van der Waals surface area contributed by atoms with Crippen molar-refractivity contribution in [2.75, 3.05) is 0 Å². The minimum atomic E-state index is 0.538. The smallest absolute Gasteiger partial charge is 0.238 e. The molecular weight excluding hydrogens is 781 g/mol. The molecule has 0 bridgehead atoms. The molecule has 0 spiro atoms. The summed E-state index contributed by atoms with van der Waals surface area (Å²) in [5, 5.41) is 14.4. The molecule has 0 N–H and O–H groups in total. The lowest BCUT2D eigenvalue weighted by Crippen LogP contribution is -2.06. The van der Waals surface area contributed by atoms with E-state index in [4.69, 9.17) is 15.0 Å². The largest absolute Gasteiger partial charge is 0.309 e. The highest BCUT2D eigenvalue weighted by Crippen LogP contribution is 2.41. The van der Waals surface area contributed by atoms with Crippen molar-refractivity contribution in [1.82, 2.24) is 24.1 Å². The third-order valence-corrected chi connectivity index (χ3v) is 12.2. The average molecular weight is 817 g/mol. The van der Waals surface area contributed by atoms with E-state index in [0.717, 1.165) is 82.7 Å². The first-order chi connectivity index (χ1) is 31.7. The molecule has 0 aliphatic carbocycles. The highest BCUT2D eigenvalue weighted by molar-refractivity contribution is 6.12. The van der Waals surface area contributed by atoms with Crippen LogP contribution in [0.5, 0.6) is 0 Å². The number of hydrogen-bond acceptors (Lipinski definition) is 4. The third-order valence-electron chi connectivity index (χ3n) is 12.2. The lowest BCUT2D eigenvalue weighted by molar-refractivity contribution is 0.953. The van der Waals surface area contributed by atoms with Crippen LogP contribution in [0.1, 0.15) is 5.56 Å². The summed E-state index contributed by atoms with van der Waals surface area (Å²) in [5.41, 5.74) is 14.1. The van der Waals surface area contributed by atoms with Gasteiger partial charge in [-0.25, -0.2) is 4.98 Å². The van der Waals surface area contributed by atoms with E-state index in [9.17, 15) is 5.26 Å². The fourth-order valence-corrected chi connectivity index (χ4v) is 9.18. The number of hydrogen-bond donors (Lipinski definition) is 0. The summed E-state index contributed by atoms with van der Waals surface area (Å²) < 4.78 is 4.52. The molecule has 64 heavy (non-hydrogen) atoms. The summed E-state index contributed by atoms with van der Waals surface area (Å²) in [6.45, 7) is 0. The number of nitriles is 1. The number of fused-ring (bicyclic) bond motifs is 6. The molecule has 9 aromatic carbocycles. The predicted molar refractivity (Wildman–Crippen MR) is 260 cm³/mol. The zero-order valence-electron chi connectivity index (χ0n) is 34.5. The van der Waals surface area contributed by atoms with Crippen LogP contribution < -0.4 is 0 Å². The molecule has 0 saturated carbocycles. The van der Waals surface area contributed by atoms with Crippen LogP contribution in [-0.2, 0) is 0 Å². The topological polar surface area (TPSA) is 72.3 Å². The monoisotopic (exact) mass is 816 g/mol. The maximum absolute atomic E-state index is 9.82. The zero-order valence-corrected chi connectivity index (χ0v) is 34.5. The van der Waals surface area contributed by atoms with Crippen molar-refractivity contribution in [3.05, 3.63) is 224 Å². The van der Waals surface area contributed by atoms with Crippen molar-refractivity contribution < 1.29 is 0 Å². The molecule has 0 atom stereocenters. The maximum atomic E-state index is 9.82. The van der Waals surface area contributed by atoms with Crippen LogP contribution in [-0.4, -0.2) is 24.1 Å². The van der Waals surface area contributed by atoms with Crippen molar-refractivity contribution >= 4 is 43.6 Å². The fraction of sp³-hybridized carbons (Fsp3) is 0. The van der Waals surface area contributed by atoms with Crippen LogP contribution >= 0.6 is 0 Å². The molecule has 0 fully saturated rings. The van der Waals surface area contributed by atoms with Crippen molar-refractivity contribution in [3.63, 3.8) is 0 Å². The molecule has 3 aromatic heterocycles. The van der Waals surface area contributed by atoms with Crippen LogP contribution in [0.2, 0.25) is 0 Å². The molecular formula is C58H36N6. The summed E-state index contributed by atoms with van der Waals surface area (Å²) in [6.07, 6.45) is 0. The first-order valence-electron chi connectivity index (χ1n) is 21.3. The lowest BCUT2D eigenvalue weighted by atomic mass is 9.99. The van der Waals surface area contributed by atoms with Crippen LogP contribution in [0.3, 0.4) is 0 Å². The van der Waals surface area contributed by atoms with Gasteiger partial charge in [-0.2, -0.15) is 15.2 Å². The molecule has 0 aliphatic rings. The van der Waals surface area contributed by atoms with Gasteiger partial charge in [0.15, 0.2) is 11.6 Å². The Bertz CT molecular complexity index is 3620. The zero-order chi connectivity index (χ0) is 42.6. The van der Waals surface area contributed by atoms with Gasteiger partial charge in [-0.3, -0.25) is 4.57 Å². The van der Waals surface area contributed by atoms with Gasteiger partial charge in [0.1, 0.15) is 0 Å². The van der Waals surface area contributed by atoms with Gasteiger partial charge < -0.3 is 4.57 Å². The molecule has 12 rings (SSSR count). The van der Waals surface area contributed by atoms with E-state index in [1.807, 2.05) is 54.6 Å². The minimum absolute atomic E-state index is 0.538.